The molecule has 4 rings (SSSR count). The van der Waals surface area contributed by atoms with E-state index < -0.39 is 17.5 Å². The molecule has 29 heavy (non-hydrogen) atoms. The molecule has 0 aliphatic carbocycles. The van der Waals surface area contributed by atoms with Crippen molar-refractivity contribution in [3.8, 4) is 0 Å². The quantitative estimate of drug-likeness (QED) is 0.493. The Morgan fingerprint density at radius 1 is 1.14 bits per heavy atom. The van der Waals surface area contributed by atoms with Gasteiger partial charge in [-0.3, -0.25) is 14.5 Å². The molecule has 3 aromatic rings. The molecule has 6 nitrogen and oxygen atoms in total. The number of Topliss-reactive ketones (excluding diaryl/α,β-unsaturated/α-hetero) is 1. The molecule has 0 unspecified atom stereocenters. The van der Waals surface area contributed by atoms with Gasteiger partial charge < -0.3 is 10.3 Å². The number of halogens is 1. The van der Waals surface area contributed by atoms with Crippen LogP contribution in [0.2, 0.25) is 5.02 Å². The number of urea groups is 1. The lowest BCUT2D eigenvalue weighted by Crippen LogP contribution is -2.41. The molecule has 2 aromatic carbocycles. The van der Waals surface area contributed by atoms with E-state index in [1.165, 1.54) is 0 Å². The topological polar surface area (TPSA) is 82.3 Å². The first-order valence-electron chi connectivity index (χ1n) is 9.38. The zero-order chi connectivity index (χ0) is 20.8. The molecule has 148 valence electrons. The number of aromatic amines is 1. The van der Waals surface area contributed by atoms with Crippen LogP contribution in [-0.4, -0.2) is 34.2 Å². The van der Waals surface area contributed by atoms with Crippen molar-refractivity contribution < 1.29 is 14.4 Å². The number of carbonyl (C=O) groups excluding carboxylic acids is 3. The Morgan fingerprint density at radius 2 is 1.90 bits per heavy atom. The highest BCUT2D eigenvalue weighted by molar-refractivity contribution is 6.32. The fraction of sp³-hybridized carbons (Fsp3) is 0.227. The average Bonchev–Trinajstić information content (AvgIpc) is 3.23. The van der Waals surface area contributed by atoms with Gasteiger partial charge in [-0.05, 0) is 25.0 Å². The summed E-state index contributed by atoms with van der Waals surface area (Å²) in [5.41, 5.74) is 1.64. The number of hydrogen-bond acceptors (Lipinski definition) is 3. The third-order valence-corrected chi connectivity index (χ3v) is 5.80. The molecule has 2 N–H and O–H groups in total. The lowest BCUT2D eigenvalue weighted by molar-refractivity contribution is -0.130. The van der Waals surface area contributed by atoms with Gasteiger partial charge in [0.1, 0.15) is 5.54 Å². The van der Waals surface area contributed by atoms with Crippen molar-refractivity contribution >= 4 is 40.2 Å². The standard InChI is InChI=1S/C22H20ClN3O3/c1-3-13-7-6-8-14-15(11-24-19(13)14)18(27)12-26-20(28)22(2,25-21(26)29)16-9-4-5-10-17(16)23/h4-11,24H,3,12H2,1-2H3,(H,25,29)/t22-/m1/s1. The van der Waals surface area contributed by atoms with Gasteiger partial charge in [0.15, 0.2) is 5.78 Å². The summed E-state index contributed by atoms with van der Waals surface area (Å²) in [6, 6.07) is 12.0. The number of benzene rings is 2. The predicted molar refractivity (Wildman–Crippen MR) is 111 cm³/mol. The SMILES string of the molecule is CCc1cccc2c(C(=O)CN3C(=O)N[C@](C)(c4ccccc4Cl)C3=O)c[nH]c12. The van der Waals surface area contributed by atoms with E-state index in [1.54, 1.807) is 37.4 Å². The zero-order valence-corrected chi connectivity index (χ0v) is 16.8. The molecular weight excluding hydrogens is 390 g/mol. The number of para-hydroxylation sites is 1. The van der Waals surface area contributed by atoms with E-state index in [2.05, 4.69) is 10.3 Å². The Kier molecular flexibility index (Phi) is 4.67. The molecule has 0 radical (unpaired) electrons. The summed E-state index contributed by atoms with van der Waals surface area (Å²) in [7, 11) is 0. The minimum absolute atomic E-state index is 0.309. The van der Waals surface area contributed by atoms with Crippen LogP contribution in [0.4, 0.5) is 4.79 Å². The van der Waals surface area contributed by atoms with Crippen LogP contribution in [0.15, 0.2) is 48.7 Å². The number of nitrogens with zero attached hydrogens (tertiary/aromatic N) is 1. The number of aryl methyl sites for hydroxylation is 1. The lowest BCUT2D eigenvalue weighted by atomic mass is 9.92. The van der Waals surface area contributed by atoms with Crippen molar-refractivity contribution in [2.75, 3.05) is 6.54 Å². The van der Waals surface area contributed by atoms with Gasteiger partial charge in [-0.15, -0.1) is 0 Å². The number of fused-ring (bicyclic) bond motifs is 1. The molecule has 1 aromatic heterocycles. The minimum atomic E-state index is -1.31. The van der Waals surface area contributed by atoms with Crippen molar-refractivity contribution in [1.29, 1.82) is 0 Å². The van der Waals surface area contributed by atoms with Gasteiger partial charge in [-0.1, -0.05) is 54.9 Å². The highest BCUT2D eigenvalue weighted by Crippen LogP contribution is 2.33. The number of H-pyrrole nitrogens is 1. The predicted octanol–water partition coefficient (Wildman–Crippen LogP) is 4.03. The van der Waals surface area contributed by atoms with Gasteiger partial charge in [-0.25, -0.2) is 4.79 Å². The van der Waals surface area contributed by atoms with Crippen molar-refractivity contribution in [2.24, 2.45) is 0 Å². The molecule has 0 bridgehead atoms. The highest BCUT2D eigenvalue weighted by Gasteiger charge is 2.50. The lowest BCUT2D eigenvalue weighted by Gasteiger charge is -2.23. The van der Waals surface area contributed by atoms with Crippen LogP contribution in [0.1, 0.15) is 35.3 Å². The fourth-order valence-corrected chi connectivity index (χ4v) is 4.19. The van der Waals surface area contributed by atoms with Crippen LogP contribution < -0.4 is 5.32 Å². The first-order chi connectivity index (χ1) is 13.9. The van der Waals surface area contributed by atoms with Crippen LogP contribution in [0.3, 0.4) is 0 Å². The van der Waals surface area contributed by atoms with Crippen LogP contribution in [0.25, 0.3) is 10.9 Å². The number of amides is 3. The van der Waals surface area contributed by atoms with E-state index in [0.29, 0.717) is 16.1 Å². The number of imide groups is 1. The van der Waals surface area contributed by atoms with Gasteiger partial charge >= 0.3 is 6.03 Å². The van der Waals surface area contributed by atoms with Gasteiger partial charge in [0.05, 0.1) is 6.54 Å². The Balaban J connectivity index is 1.64. The van der Waals surface area contributed by atoms with E-state index in [1.807, 2.05) is 25.1 Å². The van der Waals surface area contributed by atoms with E-state index in [9.17, 15) is 14.4 Å². The zero-order valence-electron chi connectivity index (χ0n) is 16.1. The monoisotopic (exact) mass is 409 g/mol. The van der Waals surface area contributed by atoms with Crippen molar-refractivity contribution in [2.45, 2.75) is 25.8 Å². The Bertz CT molecular complexity index is 1150. The number of hydrogen-bond donors (Lipinski definition) is 2. The molecule has 1 aliphatic rings. The number of rotatable bonds is 5. The summed E-state index contributed by atoms with van der Waals surface area (Å²) in [5, 5.41) is 3.85. The van der Waals surface area contributed by atoms with Crippen LogP contribution in [-0.2, 0) is 16.8 Å². The van der Waals surface area contributed by atoms with E-state index in [-0.39, 0.29) is 12.3 Å². The summed E-state index contributed by atoms with van der Waals surface area (Å²) in [4.78, 5) is 42.7. The van der Waals surface area contributed by atoms with Crippen LogP contribution >= 0.6 is 11.6 Å². The Labute approximate surface area is 172 Å². The van der Waals surface area contributed by atoms with Crippen molar-refractivity contribution in [3.63, 3.8) is 0 Å². The molecule has 7 heteroatoms. The maximum absolute atomic E-state index is 13.1. The molecule has 1 saturated heterocycles. The Hall–Kier alpha value is -3.12. The average molecular weight is 410 g/mol. The van der Waals surface area contributed by atoms with Crippen LogP contribution in [0, 0.1) is 0 Å². The van der Waals surface area contributed by atoms with Gasteiger partial charge in [0, 0.05) is 33.2 Å². The first-order valence-corrected chi connectivity index (χ1v) is 9.76. The summed E-state index contributed by atoms with van der Waals surface area (Å²) < 4.78 is 0. The summed E-state index contributed by atoms with van der Waals surface area (Å²) in [6.45, 7) is 3.30. The molecular formula is C22H20ClN3O3. The second-order valence-corrected chi connectivity index (χ2v) is 7.65. The first kappa shape index (κ1) is 19.2. The smallest absolute Gasteiger partial charge is 0.325 e. The summed E-state index contributed by atoms with van der Waals surface area (Å²) >= 11 is 6.24. The second-order valence-electron chi connectivity index (χ2n) is 7.25. The molecule has 2 heterocycles. The fourth-order valence-electron chi connectivity index (χ4n) is 3.86. The summed E-state index contributed by atoms with van der Waals surface area (Å²) in [6.07, 6.45) is 2.46. The number of nitrogens with one attached hydrogen (secondary N) is 2. The largest absolute Gasteiger partial charge is 0.360 e. The maximum atomic E-state index is 13.1. The van der Waals surface area contributed by atoms with E-state index in [0.717, 1.165) is 27.8 Å². The number of ketones is 1. The normalized spacial score (nSPS) is 19.1. The van der Waals surface area contributed by atoms with Gasteiger partial charge in [-0.2, -0.15) is 0 Å². The van der Waals surface area contributed by atoms with E-state index >= 15 is 0 Å². The molecule has 1 atom stereocenters. The molecule has 0 spiro atoms. The van der Waals surface area contributed by atoms with Gasteiger partial charge in [0.25, 0.3) is 5.91 Å². The second kappa shape index (κ2) is 7.04. The van der Waals surface area contributed by atoms with Crippen molar-refractivity contribution in [3.05, 3.63) is 70.4 Å². The Morgan fingerprint density at radius 3 is 2.62 bits per heavy atom. The van der Waals surface area contributed by atoms with Crippen LogP contribution in [0.5, 0.6) is 0 Å². The summed E-state index contributed by atoms with van der Waals surface area (Å²) in [5.74, 6) is -0.811. The minimum Gasteiger partial charge on any atom is -0.360 e. The number of carbonyl (C=O) groups is 3. The third kappa shape index (κ3) is 3.00. The van der Waals surface area contributed by atoms with Gasteiger partial charge in [0.2, 0.25) is 0 Å². The maximum Gasteiger partial charge on any atom is 0.325 e. The van der Waals surface area contributed by atoms with E-state index in [4.69, 9.17) is 11.6 Å². The molecule has 1 fully saturated rings. The molecule has 1 aliphatic heterocycles. The molecule has 3 amide bonds. The third-order valence-electron chi connectivity index (χ3n) is 5.47. The number of aromatic nitrogens is 1. The van der Waals surface area contributed by atoms with Crippen molar-refractivity contribution in [1.82, 2.24) is 15.2 Å². The highest BCUT2D eigenvalue weighted by atomic mass is 35.5. The molecule has 0 saturated carbocycles.